The average Bonchev–Trinajstić information content (AvgIpc) is 2.73. The number of anilines is 1. The molecule has 0 aliphatic carbocycles. The number of aromatic nitrogens is 1. The molecule has 1 aromatic heterocycles. The smallest absolute Gasteiger partial charge is 0.257 e. The Labute approximate surface area is 167 Å². The predicted molar refractivity (Wildman–Crippen MR) is 107 cm³/mol. The van der Waals surface area contributed by atoms with E-state index >= 15 is 0 Å². The number of pyridine rings is 1. The standard InChI is InChI=1S/C21H18ClN3O3/c1-28-21(25-19(26)14-6-3-2-4-7-14)15-9-10-18(22)17(12-15)20(27)24-16-8-5-11-23-13-16/h2-13,21H,1H3,(H,24,27)(H,25,26). The fourth-order valence-electron chi connectivity index (χ4n) is 2.59. The Kier molecular flexibility index (Phi) is 6.37. The number of ether oxygens (including phenoxy) is 1. The lowest BCUT2D eigenvalue weighted by atomic mass is 10.1. The number of methoxy groups -OCH3 is 1. The zero-order chi connectivity index (χ0) is 19.9. The van der Waals surface area contributed by atoms with Gasteiger partial charge in [0.25, 0.3) is 11.8 Å². The van der Waals surface area contributed by atoms with Crippen molar-refractivity contribution in [2.75, 3.05) is 12.4 Å². The summed E-state index contributed by atoms with van der Waals surface area (Å²) in [6, 6.07) is 17.1. The predicted octanol–water partition coefficient (Wildman–Crippen LogP) is 4.06. The number of rotatable bonds is 6. The molecule has 6 nitrogen and oxygen atoms in total. The number of carbonyl (C=O) groups is 2. The van der Waals surface area contributed by atoms with Gasteiger partial charge in [0.1, 0.15) is 0 Å². The summed E-state index contributed by atoms with van der Waals surface area (Å²) in [7, 11) is 1.47. The molecule has 1 unspecified atom stereocenters. The minimum Gasteiger partial charge on any atom is -0.357 e. The molecule has 0 saturated heterocycles. The normalized spacial score (nSPS) is 11.5. The zero-order valence-corrected chi connectivity index (χ0v) is 15.8. The second kappa shape index (κ2) is 9.12. The van der Waals surface area contributed by atoms with Gasteiger partial charge in [-0.25, -0.2) is 0 Å². The second-order valence-corrected chi connectivity index (χ2v) is 6.30. The van der Waals surface area contributed by atoms with E-state index in [1.807, 2.05) is 6.07 Å². The molecular formula is C21H18ClN3O3. The molecule has 0 radical (unpaired) electrons. The van der Waals surface area contributed by atoms with E-state index in [1.165, 1.54) is 13.3 Å². The van der Waals surface area contributed by atoms with Crippen LogP contribution >= 0.6 is 11.6 Å². The molecule has 28 heavy (non-hydrogen) atoms. The van der Waals surface area contributed by atoms with Crippen LogP contribution in [0.25, 0.3) is 0 Å². The lowest BCUT2D eigenvalue weighted by Crippen LogP contribution is -2.29. The summed E-state index contributed by atoms with van der Waals surface area (Å²) >= 11 is 6.20. The highest BCUT2D eigenvalue weighted by Crippen LogP contribution is 2.23. The summed E-state index contributed by atoms with van der Waals surface area (Å²) in [4.78, 5) is 29.0. The summed E-state index contributed by atoms with van der Waals surface area (Å²) < 4.78 is 5.40. The third-order valence-corrected chi connectivity index (χ3v) is 4.32. The molecule has 0 aliphatic heterocycles. The van der Waals surface area contributed by atoms with Gasteiger partial charge in [-0.2, -0.15) is 0 Å². The maximum Gasteiger partial charge on any atom is 0.257 e. The molecule has 1 heterocycles. The quantitative estimate of drug-likeness (QED) is 0.617. The summed E-state index contributed by atoms with van der Waals surface area (Å²) in [5, 5.41) is 5.81. The Bertz CT molecular complexity index is 965. The number of carbonyl (C=O) groups excluding carboxylic acids is 2. The summed E-state index contributed by atoms with van der Waals surface area (Å²) in [5.41, 5.74) is 1.91. The van der Waals surface area contributed by atoms with Crippen molar-refractivity contribution >= 4 is 29.1 Å². The first kappa shape index (κ1) is 19.5. The number of hydrogen-bond donors (Lipinski definition) is 2. The number of hydrogen-bond acceptors (Lipinski definition) is 4. The van der Waals surface area contributed by atoms with E-state index in [4.69, 9.17) is 16.3 Å². The van der Waals surface area contributed by atoms with Crippen molar-refractivity contribution < 1.29 is 14.3 Å². The van der Waals surface area contributed by atoms with E-state index in [9.17, 15) is 9.59 Å². The fraction of sp³-hybridized carbons (Fsp3) is 0.0952. The highest BCUT2D eigenvalue weighted by atomic mass is 35.5. The van der Waals surface area contributed by atoms with E-state index < -0.39 is 6.23 Å². The highest BCUT2D eigenvalue weighted by molar-refractivity contribution is 6.34. The fourth-order valence-corrected chi connectivity index (χ4v) is 2.79. The van der Waals surface area contributed by atoms with Crippen LogP contribution in [-0.4, -0.2) is 23.9 Å². The van der Waals surface area contributed by atoms with Crippen LogP contribution in [0.4, 0.5) is 5.69 Å². The van der Waals surface area contributed by atoms with Gasteiger partial charge in [-0.05, 0) is 36.4 Å². The third-order valence-electron chi connectivity index (χ3n) is 3.99. The minimum atomic E-state index is -0.741. The SMILES string of the molecule is COC(NC(=O)c1ccccc1)c1ccc(Cl)c(C(=O)Nc2cccnc2)c1. The molecule has 7 heteroatoms. The molecule has 2 N–H and O–H groups in total. The first-order valence-electron chi connectivity index (χ1n) is 8.48. The molecule has 0 aliphatic rings. The van der Waals surface area contributed by atoms with E-state index in [2.05, 4.69) is 15.6 Å². The highest BCUT2D eigenvalue weighted by Gasteiger charge is 2.19. The Hall–Kier alpha value is -3.22. The Morgan fingerprint density at radius 2 is 1.82 bits per heavy atom. The Morgan fingerprint density at radius 3 is 2.50 bits per heavy atom. The van der Waals surface area contributed by atoms with E-state index in [0.717, 1.165) is 0 Å². The van der Waals surface area contributed by atoms with Crippen molar-refractivity contribution in [1.29, 1.82) is 0 Å². The number of amides is 2. The molecule has 0 fully saturated rings. The van der Waals surface area contributed by atoms with Crippen LogP contribution in [0.3, 0.4) is 0 Å². The van der Waals surface area contributed by atoms with Gasteiger partial charge in [-0.3, -0.25) is 14.6 Å². The monoisotopic (exact) mass is 395 g/mol. The zero-order valence-electron chi connectivity index (χ0n) is 15.1. The minimum absolute atomic E-state index is 0.263. The van der Waals surface area contributed by atoms with Crippen LogP contribution in [0.2, 0.25) is 5.02 Å². The average molecular weight is 396 g/mol. The second-order valence-electron chi connectivity index (χ2n) is 5.89. The summed E-state index contributed by atoms with van der Waals surface area (Å²) in [6.07, 6.45) is 2.41. The molecule has 3 rings (SSSR count). The van der Waals surface area contributed by atoms with Crippen LogP contribution in [0.5, 0.6) is 0 Å². The molecular weight excluding hydrogens is 378 g/mol. The van der Waals surface area contributed by atoms with E-state index in [1.54, 1.807) is 60.8 Å². The van der Waals surface area contributed by atoms with Crippen LogP contribution in [-0.2, 0) is 4.74 Å². The van der Waals surface area contributed by atoms with Crippen molar-refractivity contribution in [3.05, 3.63) is 94.8 Å². The first-order chi connectivity index (χ1) is 13.6. The maximum atomic E-state index is 12.6. The molecule has 1 atom stereocenters. The Morgan fingerprint density at radius 1 is 1.04 bits per heavy atom. The van der Waals surface area contributed by atoms with E-state index in [0.29, 0.717) is 16.8 Å². The maximum absolute atomic E-state index is 12.6. The summed E-state index contributed by atoms with van der Waals surface area (Å²) in [6.45, 7) is 0. The van der Waals surface area contributed by atoms with Gasteiger partial charge in [0.15, 0.2) is 6.23 Å². The molecule has 0 bridgehead atoms. The third kappa shape index (κ3) is 4.73. The molecule has 2 aromatic carbocycles. The summed E-state index contributed by atoms with van der Waals surface area (Å²) in [5.74, 6) is -0.673. The van der Waals surface area contributed by atoms with E-state index in [-0.39, 0.29) is 22.4 Å². The largest absolute Gasteiger partial charge is 0.357 e. The molecule has 2 amide bonds. The molecule has 3 aromatic rings. The first-order valence-corrected chi connectivity index (χ1v) is 8.86. The number of benzene rings is 2. The van der Waals surface area contributed by atoms with Gasteiger partial charge in [0.05, 0.1) is 22.5 Å². The van der Waals surface area contributed by atoms with Gasteiger partial charge in [-0.15, -0.1) is 0 Å². The van der Waals surface area contributed by atoms with Gasteiger partial charge in [0.2, 0.25) is 0 Å². The van der Waals surface area contributed by atoms with Gasteiger partial charge < -0.3 is 15.4 Å². The lowest BCUT2D eigenvalue weighted by molar-refractivity contribution is 0.0575. The van der Waals surface area contributed by atoms with Crippen LogP contribution in [0, 0.1) is 0 Å². The molecule has 142 valence electrons. The van der Waals surface area contributed by atoms with Crippen molar-refractivity contribution in [3.8, 4) is 0 Å². The number of nitrogens with zero attached hydrogens (tertiary/aromatic N) is 1. The van der Waals surface area contributed by atoms with Crippen molar-refractivity contribution in [2.24, 2.45) is 0 Å². The van der Waals surface area contributed by atoms with Gasteiger partial charge in [0, 0.05) is 24.4 Å². The molecule has 0 saturated carbocycles. The van der Waals surface area contributed by atoms with Crippen LogP contribution in [0.15, 0.2) is 73.1 Å². The Balaban J connectivity index is 1.80. The van der Waals surface area contributed by atoms with Crippen LogP contribution in [0.1, 0.15) is 32.5 Å². The van der Waals surface area contributed by atoms with Crippen molar-refractivity contribution in [2.45, 2.75) is 6.23 Å². The van der Waals surface area contributed by atoms with Gasteiger partial charge >= 0.3 is 0 Å². The van der Waals surface area contributed by atoms with Crippen molar-refractivity contribution in [1.82, 2.24) is 10.3 Å². The number of halogens is 1. The topological polar surface area (TPSA) is 80.3 Å². The number of nitrogens with one attached hydrogen (secondary N) is 2. The van der Waals surface area contributed by atoms with Crippen molar-refractivity contribution in [3.63, 3.8) is 0 Å². The molecule has 0 spiro atoms. The lowest BCUT2D eigenvalue weighted by Gasteiger charge is -2.19. The van der Waals surface area contributed by atoms with Crippen LogP contribution < -0.4 is 10.6 Å². The van der Waals surface area contributed by atoms with Gasteiger partial charge in [-0.1, -0.05) is 35.9 Å².